The van der Waals surface area contributed by atoms with Crippen molar-refractivity contribution in [2.24, 2.45) is 17.8 Å². The van der Waals surface area contributed by atoms with E-state index < -0.39 is 42.3 Å². The maximum Gasteiger partial charge on any atom is 0.333 e. The summed E-state index contributed by atoms with van der Waals surface area (Å²) < 4.78 is 17.7. The molecule has 0 amide bonds. The van der Waals surface area contributed by atoms with E-state index in [0.29, 0.717) is 23.3 Å². The molecule has 2 N–H and O–H groups in total. The molecule has 3 aliphatic rings. The molecular formula is C26H42O6. The van der Waals surface area contributed by atoms with E-state index in [-0.39, 0.29) is 0 Å². The Morgan fingerprint density at radius 1 is 1.06 bits per heavy atom. The van der Waals surface area contributed by atoms with Gasteiger partial charge in [-0.25, -0.2) is 4.79 Å². The van der Waals surface area contributed by atoms with E-state index in [1.165, 1.54) is 12.8 Å². The summed E-state index contributed by atoms with van der Waals surface area (Å²) in [5.74, 6) is 0.965. The molecule has 8 atom stereocenters. The smallest absolute Gasteiger partial charge is 0.333 e. The summed E-state index contributed by atoms with van der Waals surface area (Å²) in [6, 6.07) is 0. The highest BCUT2D eigenvalue weighted by Crippen LogP contribution is 2.47. The van der Waals surface area contributed by atoms with Crippen molar-refractivity contribution in [2.75, 3.05) is 0 Å². The molecule has 182 valence electrons. The van der Waals surface area contributed by atoms with Crippen LogP contribution in [0.2, 0.25) is 0 Å². The van der Waals surface area contributed by atoms with Crippen molar-refractivity contribution in [3.05, 3.63) is 22.8 Å². The summed E-state index contributed by atoms with van der Waals surface area (Å²) in [7, 11) is 0. The van der Waals surface area contributed by atoms with Gasteiger partial charge in [-0.2, -0.15) is 0 Å². The number of hydrogen-bond acceptors (Lipinski definition) is 6. The van der Waals surface area contributed by atoms with Crippen LogP contribution in [0.5, 0.6) is 0 Å². The Balaban J connectivity index is 1.75. The number of carbonyl (C=O) groups excluding carboxylic acids is 1. The molecule has 1 aliphatic heterocycles. The van der Waals surface area contributed by atoms with Gasteiger partial charge in [0, 0.05) is 5.57 Å². The predicted octanol–water partition coefficient (Wildman–Crippen LogP) is 4.29. The zero-order chi connectivity index (χ0) is 23.8. The van der Waals surface area contributed by atoms with Crippen LogP contribution in [0, 0.1) is 17.8 Å². The summed E-state index contributed by atoms with van der Waals surface area (Å²) >= 11 is 0. The molecule has 0 aromatic rings. The van der Waals surface area contributed by atoms with Crippen LogP contribution in [-0.2, 0) is 19.0 Å². The van der Waals surface area contributed by atoms with Gasteiger partial charge in [0.2, 0.25) is 0 Å². The highest BCUT2D eigenvalue weighted by molar-refractivity contribution is 5.87. The second kappa shape index (κ2) is 9.96. The third kappa shape index (κ3) is 5.14. The van der Waals surface area contributed by atoms with E-state index in [0.717, 1.165) is 19.3 Å². The average molecular weight is 451 g/mol. The number of aliphatic hydroxyl groups excluding tert-OH is 2. The third-order valence-electron chi connectivity index (χ3n) is 8.05. The normalized spacial score (nSPS) is 39.0. The van der Waals surface area contributed by atoms with Gasteiger partial charge in [0.25, 0.3) is 0 Å². The molecule has 6 heteroatoms. The number of rotatable bonds is 5. The molecular weight excluding hydrogens is 408 g/mol. The van der Waals surface area contributed by atoms with Crippen LogP contribution in [0.15, 0.2) is 22.8 Å². The summed E-state index contributed by atoms with van der Waals surface area (Å²) in [5.41, 5.74) is 3.11. The Kier molecular flexibility index (Phi) is 7.91. The Morgan fingerprint density at radius 2 is 1.72 bits per heavy atom. The quantitative estimate of drug-likeness (QED) is 0.369. The second-order valence-corrected chi connectivity index (χ2v) is 10.6. The monoisotopic (exact) mass is 450 g/mol. The zero-order valence-corrected chi connectivity index (χ0v) is 20.8. The summed E-state index contributed by atoms with van der Waals surface area (Å²) in [6.45, 7) is 13.9. The number of esters is 1. The van der Waals surface area contributed by atoms with Crippen molar-refractivity contribution in [3.8, 4) is 0 Å². The first-order valence-electron chi connectivity index (χ1n) is 12.2. The number of hydrogen-bond donors (Lipinski definition) is 2. The molecule has 1 heterocycles. The zero-order valence-electron chi connectivity index (χ0n) is 20.8. The minimum Gasteiger partial charge on any atom is -0.453 e. The van der Waals surface area contributed by atoms with E-state index in [1.54, 1.807) is 38.0 Å². The van der Waals surface area contributed by atoms with Crippen LogP contribution >= 0.6 is 0 Å². The van der Waals surface area contributed by atoms with Gasteiger partial charge in [-0.05, 0) is 84.5 Å². The van der Waals surface area contributed by atoms with Crippen molar-refractivity contribution in [3.63, 3.8) is 0 Å². The fraction of sp³-hybridized carbons (Fsp3) is 0.808. The molecule has 1 fully saturated rings. The van der Waals surface area contributed by atoms with E-state index in [1.807, 2.05) is 0 Å². The second-order valence-electron chi connectivity index (χ2n) is 10.6. The molecule has 3 rings (SSSR count). The molecule has 0 saturated carbocycles. The fourth-order valence-corrected chi connectivity index (χ4v) is 5.47. The average Bonchev–Trinajstić information content (AvgIpc) is 3.01. The molecule has 1 saturated heterocycles. The number of carbonyl (C=O) groups is 1. The molecule has 2 aliphatic carbocycles. The van der Waals surface area contributed by atoms with Crippen molar-refractivity contribution in [1.82, 2.24) is 0 Å². The molecule has 0 unspecified atom stereocenters. The summed E-state index contributed by atoms with van der Waals surface area (Å²) in [5, 5.41) is 21.5. The molecule has 0 aromatic carbocycles. The molecule has 32 heavy (non-hydrogen) atoms. The number of aliphatic hydroxyl groups is 2. The first-order chi connectivity index (χ1) is 15.0. The standard InChI is InChI=1S/C26H42O6/c1-8-14(2)24(29)31-23-21(27)17(5)30-25(22(23)28)32-26(6,7)18-11-9-15(3)19-12-10-16(4)20(19)13-18/h8,15-18,21-23,25,27-28H,9-13H2,1-7H3/t15-,16-,17-,18+,21-,22-,23+,25+/m0/s1. The Labute approximate surface area is 193 Å². The van der Waals surface area contributed by atoms with E-state index in [2.05, 4.69) is 27.7 Å². The molecule has 6 nitrogen and oxygen atoms in total. The van der Waals surface area contributed by atoms with Crippen LogP contribution < -0.4 is 0 Å². The van der Waals surface area contributed by atoms with Crippen LogP contribution in [0.25, 0.3) is 0 Å². The number of allylic oxidation sites excluding steroid dienone is 3. The lowest BCUT2D eigenvalue weighted by Gasteiger charge is -2.45. The van der Waals surface area contributed by atoms with Gasteiger partial charge in [0.1, 0.15) is 12.2 Å². The third-order valence-corrected chi connectivity index (χ3v) is 8.05. The molecule has 0 radical (unpaired) electrons. The summed E-state index contributed by atoms with van der Waals surface area (Å²) in [6.07, 6.45) is 2.14. The van der Waals surface area contributed by atoms with Crippen LogP contribution in [-0.4, -0.2) is 52.5 Å². The minimum absolute atomic E-state index is 0.294. The van der Waals surface area contributed by atoms with E-state index in [9.17, 15) is 15.0 Å². The molecule has 0 spiro atoms. The van der Waals surface area contributed by atoms with Crippen LogP contribution in [0.3, 0.4) is 0 Å². The fourth-order valence-electron chi connectivity index (χ4n) is 5.47. The van der Waals surface area contributed by atoms with Gasteiger partial charge in [0.05, 0.1) is 11.7 Å². The Hall–Kier alpha value is -1.21. The lowest BCUT2D eigenvalue weighted by atomic mass is 9.81. The SMILES string of the molecule is CC=C(C)C(=O)O[C@H]1[C@H](O)[C@@H](OC(C)(C)[C@@H]2CC[C@H](C)C3=C(C2)[C@@H](C)CC3)O[C@@H](C)[C@@H]1O. The number of ether oxygens (including phenoxy) is 3. The first-order valence-corrected chi connectivity index (χ1v) is 12.2. The summed E-state index contributed by atoms with van der Waals surface area (Å²) in [4.78, 5) is 12.3. The van der Waals surface area contributed by atoms with Gasteiger partial charge in [0.15, 0.2) is 12.4 Å². The van der Waals surface area contributed by atoms with Crippen LogP contribution in [0.4, 0.5) is 0 Å². The lowest BCUT2D eigenvalue weighted by Crippen LogP contribution is -2.60. The van der Waals surface area contributed by atoms with Gasteiger partial charge in [-0.15, -0.1) is 0 Å². The maximum atomic E-state index is 12.3. The van der Waals surface area contributed by atoms with Crippen molar-refractivity contribution < 1.29 is 29.2 Å². The molecule has 0 aromatic heterocycles. The molecule has 0 bridgehead atoms. The Morgan fingerprint density at radius 3 is 2.38 bits per heavy atom. The van der Waals surface area contributed by atoms with Crippen molar-refractivity contribution in [1.29, 1.82) is 0 Å². The van der Waals surface area contributed by atoms with E-state index in [4.69, 9.17) is 14.2 Å². The largest absolute Gasteiger partial charge is 0.453 e. The van der Waals surface area contributed by atoms with Gasteiger partial charge >= 0.3 is 5.97 Å². The topological polar surface area (TPSA) is 85.2 Å². The highest BCUT2D eigenvalue weighted by atomic mass is 16.7. The van der Waals surface area contributed by atoms with Gasteiger partial charge in [-0.3, -0.25) is 0 Å². The lowest BCUT2D eigenvalue weighted by molar-refractivity contribution is -0.323. The van der Waals surface area contributed by atoms with Gasteiger partial charge in [-0.1, -0.05) is 31.1 Å². The highest BCUT2D eigenvalue weighted by Gasteiger charge is 2.49. The first kappa shape index (κ1) is 25.4. The van der Waals surface area contributed by atoms with Crippen molar-refractivity contribution >= 4 is 5.97 Å². The van der Waals surface area contributed by atoms with Crippen LogP contribution in [0.1, 0.15) is 80.6 Å². The minimum atomic E-state index is -1.28. The maximum absolute atomic E-state index is 12.3. The van der Waals surface area contributed by atoms with Crippen molar-refractivity contribution in [2.45, 2.75) is 117 Å². The van der Waals surface area contributed by atoms with Gasteiger partial charge < -0.3 is 24.4 Å². The Bertz CT molecular complexity index is 753. The van der Waals surface area contributed by atoms with E-state index >= 15 is 0 Å². The predicted molar refractivity (Wildman–Crippen MR) is 123 cm³/mol.